The number of nitrogens with one attached hydrogen (secondary N) is 1. The summed E-state index contributed by atoms with van der Waals surface area (Å²) in [7, 11) is 0. The van der Waals surface area contributed by atoms with E-state index in [0.29, 0.717) is 0 Å². The Labute approximate surface area is 104 Å². The van der Waals surface area contributed by atoms with E-state index >= 15 is 0 Å². The van der Waals surface area contributed by atoms with Gasteiger partial charge < -0.3 is 5.32 Å². The molecule has 0 aliphatic rings. The Bertz CT molecular complexity index is 438. The number of anilines is 1. The van der Waals surface area contributed by atoms with Crippen molar-refractivity contribution < 1.29 is 13.7 Å². The Morgan fingerprint density at radius 2 is 2.11 bits per heavy atom. The van der Waals surface area contributed by atoms with Crippen molar-refractivity contribution in [1.29, 1.82) is 0 Å². The van der Waals surface area contributed by atoms with Crippen molar-refractivity contribution in [3.8, 4) is 0 Å². The first-order chi connectivity index (χ1) is 8.47. The molecular formula is C12H16F2N2O2. The molecule has 0 saturated heterocycles. The van der Waals surface area contributed by atoms with Crippen LogP contribution in [-0.4, -0.2) is 11.0 Å². The minimum absolute atomic E-state index is 0.153. The molecule has 0 aliphatic heterocycles. The van der Waals surface area contributed by atoms with Gasteiger partial charge in [0.15, 0.2) is 17.3 Å². The highest BCUT2D eigenvalue weighted by Crippen LogP contribution is 2.30. The molecule has 0 saturated carbocycles. The van der Waals surface area contributed by atoms with Gasteiger partial charge in [0.1, 0.15) is 0 Å². The molecule has 1 N–H and O–H groups in total. The largest absolute Gasteiger partial charge is 0.375 e. The summed E-state index contributed by atoms with van der Waals surface area (Å²) in [5.41, 5.74) is -0.819. The van der Waals surface area contributed by atoms with Gasteiger partial charge in [-0.2, -0.15) is 0 Å². The third kappa shape index (κ3) is 3.38. The average molecular weight is 258 g/mol. The summed E-state index contributed by atoms with van der Waals surface area (Å²) in [6, 6.07) is 1.57. The molecule has 0 radical (unpaired) electrons. The maximum absolute atomic E-state index is 13.6. The fourth-order valence-corrected chi connectivity index (χ4v) is 1.66. The van der Waals surface area contributed by atoms with Gasteiger partial charge in [0.25, 0.3) is 5.69 Å². The van der Waals surface area contributed by atoms with Crippen molar-refractivity contribution in [1.82, 2.24) is 0 Å². The zero-order chi connectivity index (χ0) is 13.7. The van der Waals surface area contributed by atoms with Crippen LogP contribution in [0.25, 0.3) is 0 Å². The van der Waals surface area contributed by atoms with E-state index in [-0.39, 0.29) is 11.7 Å². The number of rotatable bonds is 6. The Hall–Kier alpha value is -1.72. The van der Waals surface area contributed by atoms with E-state index in [0.717, 1.165) is 31.4 Å². The predicted molar refractivity (Wildman–Crippen MR) is 65.6 cm³/mol. The van der Waals surface area contributed by atoms with Crippen LogP contribution < -0.4 is 5.32 Å². The fourth-order valence-electron chi connectivity index (χ4n) is 1.66. The number of nitro benzene ring substituents is 1. The molecule has 0 spiro atoms. The first kappa shape index (κ1) is 14.3. The number of unbranched alkanes of at least 4 members (excludes halogenated alkanes) is 1. The molecule has 1 atom stereocenters. The Kier molecular flexibility index (Phi) is 5.00. The van der Waals surface area contributed by atoms with Crippen LogP contribution in [0.5, 0.6) is 0 Å². The maximum Gasteiger partial charge on any atom is 0.295 e. The third-order valence-corrected chi connectivity index (χ3v) is 2.65. The monoisotopic (exact) mass is 258 g/mol. The van der Waals surface area contributed by atoms with E-state index in [4.69, 9.17) is 0 Å². The van der Waals surface area contributed by atoms with Crippen LogP contribution in [0.3, 0.4) is 0 Å². The lowest BCUT2D eigenvalue weighted by atomic mass is 10.1. The number of hydrogen-bond donors (Lipinski definition) is 1. The van der Waals surface area contributed by atoms with Gasteiger partial charge in [-0.05, 0) is 19.4 Å². The number of nitro groups is 1. The summed E-state index contributed by atoms with van der Waals surface area (Å²) in [5.74, 6) is -2.29. The smallest absolute Gasteiger partial charge is 0.295 e. The molecule has 0 aliphatic carbocycles. The van der Waals surface area contributed by atoms with Crippen LogP contribution in [0.4, 0.5) is 20.2 Å². The maximum atomic E-state index is 13.6. The molecule has 1 aromatic carbocycles. The standard InChI is InChI=1S/C12H16F2N2O2/c1-3-4-5-8(2)15-12-10(16(17)18)7-6-9(13)11(12)14/h6-8,15H,3-5H2,1-2H3. The molecule has 18 heavy (non-hydrogen) atoms. The Balaban J connectivity index is 2.98. The van der Waals surface area contributed by atoms with E-state index in [2.05, 4.69) is 5.32 Å². The van der Waals surface area contributed by atoms with Gasteiger partial charge in [0.05, 0.1) is 4.92 Å². The normalized spacial score (nSPS) is 12.2. The lowest BCUT2D eigenvalue weighted by molar-refractivity contribution is -0.384. The molecule has 0 fully saturated rings. The molecule has 1 rings (SSSR count). The Morgan fingerprint density at radius 3 is 2.67 bits per heavy atom. The molecular weight excluding hydrogens is 242 g/mol. The van der Waals surface area contributed by atoms with Crippen molar-refractivity contribution in [3.63, 3.8) is 0 Å². The van der Waals surface area contributed by atoms with E-state index in [1.165, 1.54) is 0 Å². The summed E-state index contributed by atoms with van der Waals surface area (Å²) in [6.07, 6.45) is 2.63. The highest BCUT2D eigenvalue weighted by molar-refractivity contribution is 5.62. The van der Waals surface area contributed by atoms with Gasteiger partial charge in [-0.3, -0.25) is 10.1 Å². The van der Waals surface area contributed by atoms with Gasteiger partial charge in [-0.1, -0.05) is 19.8 Å². The number of halogens is 2. The second-order valence-corrected chi connectivity index (χ2v) is 4.20. The minimum Gasteiger partial charge on any atom is -0.375 e. The zero-order valence-corrected chi connectivity index (χ0v) is 10.4. The van der Waals surface area contributed by atoms with Gasteiger partial charge >= 0.3 is 0 Å². The molecule has 1 unspecified atom stereocenters. The van der Waals surface area contributed by atoms with Crippen molar-refractivity contribution in [2.24, 2.45) is 0 Å². The molecule has 0 bridgehead atoms. The van der Waals surface area contributed by atoms with Crippen LogP contribution in [0, 0.1) is 21.7 Å². The van der Waals surface area contributed by atoms with Gasteiger partial charge in [-0.25, -0.2) is 8.78 Å². The van der Waals surface area contributed by atoms with E-state index in [1.54, 1.807) is 6.92 Å². The third-order valence-electron chi connectivity index (χ3n) is 2.65. The van der Waals surface area contributed by atoms with Gasteiger partial charge in [0, 0.05) is 12.1 Å². The second-order valence-electron chi connectivity index (χ2n) is 4.20. The SMILES string of the molecule is CCCCC(C)Nc1c([N+](=O)[O-])ccc(F)c1F. The van der Waals surface area contributed by atoms with E-state index in [9.17, 15) is 18.9 Å². The number of nitrogens with zero attached hydrogens (tertiary/aromatic N) is 1. The van der Waals surface area contributed by atoms with Crippen LogP contribution in [0.2, 0.25) is 0 Å². The lowest BCUT2D eigenvalue weighted by Gasteiger charge is -2.15. The quantitative estimate of drug-likeness (QED) is 0.622. The minimum atomic E-state index is -1.20. The molecule has 4 nitrogen and oxygen atoms in total. The summed E-state index contributed by atoms with van der Waals surface area (Å²) in [4.78, 5) is 10.0. The van der Waals surface area contributed by atoms with Crippen LogP contribution in [0.15, 0.2) is 12.1 Å². The Morgan fingerprint density at radius 1 is 1.44 bits per heavy atom. The zero-order valence-electron chi connectivity index (χ0n) is 10.4. The summed E-state index contributed by atoms with van der Waals surface area (Å²) >= 11 is 0. The predicted octanol–water partition coefficient (Wildman–Crippen LogP) is 3.86. The molecule has 100 valence electrons. The summed E-state index contributed by atoms with van der Waals surface area (Å²) in [6.45, 7) is 3.79. The summed E-state index contributed by atoms with van der Waals surface area (Å²) < 4.78 is 26.7. The van der Waals surface area contributed by atoms with E-state index in [1.807, 2.05) is 6.92 Å². The van der Waals surface area contributed by atoms with Crippen LogP contribution in [0.1, 0.15) is 33.1 Å². The van der Waals surface area contributed by atoms with Crippen molar-refractivity contribution in [2.75, 3.05) is 5.32 Å². The molecule has 0 amide bonds. The second kappa shape index (κ2) is 6.28. The molecule has 0 heterocycles. The van der Waals surface area contributed by atoms with Gasteiger partial charge in [0.2, 0.25) is 0 Å². The summed E-state index contributed by atoms with van der Waals surface area (Å²) in [5, 5.41) is 13.4. The van der Waals surface area contributed by atoms with Crippen molar-refractivity contribution >= 4 is 11.4 Å². The topological polar surface area (TPSA) is 55.2 Å². The first-order valence-corrected chi connectivity index (χ1v) is 5.86. The van der Waals surface area contributed by atoms with E-state index < -0.39 is 22.2 Å². The number of hydrogen-bond acceptors (Lipinski definition) is 3. The molecule has 1 aromatic rings. The highest BCUT2D eigenvalue weighted by atomic mass is 19.2. The van der Waals surface area contributed by atoms with Crippen molar-refractivity contribution in [2.45, 2.75) is 39.2 Å². The van der Waals surface area contributed by atoms with Crippen molar-refractivity contribution in [3.05, 3.63) is 33.9 Å². The van der Waals surface area contributed by atoms with Crippen LogP contribution >= 0.6 is 0 Å². The molecule has 6 heteroatoms. The van der Waals surface area contributed by atoms with Gasteiger partial charge in [-0.15, -0.1) is 0 Å². The molecule has 0 aromatic heterocycles. The average Bonchev–Trinajstić information content (AvgIpc) is 2.32. The van der Waals surface area contributed by atoms with Crippen LogP contribution in [-0.2, 0) is 0 Å². The fraction of sp³-hybridized carbons (Fsp3) is 0.500. The highest BCUT2D eigenvalue weighted by Gasteiger charge is 2.22. The first-order valence-electron chi connectivity index (χ1n) is 5.86. The number of benzene rings is 1. The lowest BCUT2D eigenvalue weighted by Crippen LogP contribution is -2.17.